The molecule has 0 atom stereocenters. The highest BCUT2D eigenvalue weighted by Gasteiger charge is 2.32. The summed E-state index contributed by atoms with van der Waals surface area (Å²) in [5.41, 5.74) is 12.1. The first-order valence-corrected chi connectivity index (χ1v) is 12.2. The molecular formula is C29H36N4O2. The van der Waals surface area contributed by atoms with Gasteiger partial charge in [0.25, 0.3) is 0 Å². The Hall–Kier alpha value is -3.43. The fourth-order valence-corrected chi connectivity index (χ4v) is 5.38. The average Bonchev–Trinajstić information content (AvgIpc) is 3.18. The molecule has 6 nitrogen and oxygen atoms in total. The summed E-state index contributed by atoms with van der Waals surface area (Å²) >= 11 is 0. The zero-order valence-corrected chi connectivity index (χ0v) is 21.0. The number of nitrogen functional groups attached to an aromatic ring is 1. The molecule has 4 rings (SSSR count). The number of aromatic nitrogens is 1. The minimum atomic E-state index is -0.388. The van der Waals surface area contributed by atoms with Crippen LogP contribution < -0.4 is 5.73 Å². The van der Waals surface area contributed by atoms with Crippen LogP contribution in [-0.2, 0) is 12.0 Å². The summed E-state index contributed by atoms with van der Waals surface area (Å²) in [5.74, 6) is 0.595. The number of carbonyl (C=O) groups is 1. The van der Waals surface area contributed by atoms with E-state index in [0.717, 1.165) is 47.7 Å². The highest BCUT2D eigenvalue weighted by molar-refractivity contribution is 6.04. The number of rotatable bonds is 7. The van der Waals surface area contributed by atoms with Gasteiger partial charge in [-0.2, -0.15) is 5.26 Å². The Kier molecular flexibility index (Phi) is 8.48. The number of hydrogen-bond acceptors (Lipinski definition) is 5. The number of benzene rings is 2. The summed E-state index contributed by atoms with van der Waals surface area (Å²) in [6.07, 6.45) is 8.81. The quantitative estimate of drug-likeness (QED) is 0.219. The molecular weight excluding hydrogens is 436 g/mol. The maximum absolute atomic E-state index is 11.2. The van der Waals surface area contributed by atoms with E-state index in [4.69, 9.17) is 16.2 Å². The fourth-order valence-electron chi connectivity index (χ4n) is 5.38. The molecule has 1 heterocycles. The number of nitriles is 1. The third-order valence-corrected chi connectivity index (χ3v) is 7.09. The van der Waals surface area contributed by atoms with Crippen molar-refractivity contribution >= 4 is 29.1 Å². The predicted molar refractivity (Wildman–Crippen MR) is 143 cm³/mol. The molecule has 0 saturated heterocycles. The third-order valence-electron chi connectivity index (χ3n) is 7.09. The van der Waals surface area contributed by atoms with Gasteiger partial charge in [0.2, 0.25) is 0 Å². The largest absolute Gasteiger partial charge is 0.400 e. The molecule has 6 heteroatoms. The van der Waals surface area contributed by atoms with Gasteiger partial charge in [0.1, 0.15) is 6.29 Å². The van der Waals surface area contributed by atoms with Gasteiger partial charge >= 0.3 is 0 Å². The van der Waals surface area contributed by atoms with Crippen LogP contribution in [0.15, 0.2) is 36.4 Å². The highest BCUT2D eigenvalue weighted by Crippen LogP contribution is 2.44. The van der Waals surface area contributed by atoms with Crippen molar-refractivity contribution in [2.75, 3.05) is 12.8 Å². The molecule has 0 amide bonds. The van der Waals surface area contributed by atoms with E-state index >= 15 is 0 Å². The molecule has 2 aromatic carbocycles. The van der Waals surface area contributed by atoms with E-state index in [1.165, 1.54) is 38.3 Å². The van der Waals surface area contributed by atoms with Crippen LogP contribution in [0.3, 0.4) is 0 Å². The lowest BCUT2D eigenvalue weighted by Crippen LogP contribution is -2.25. The monoisotopic (exact) mass is 472 g/mol. The minimum Gasteiger partial charge on any atom is -0.400 e. The van der Waals surface area contributed by atoms with Crippen LogP contribution in [-0.4, -0.2) is 29.3 Å². The van der Waals surface area contributed by atoms with Crippen molar-refractivity contribution in [3.8, 4) is 17.2 Å². The number of fused-ring (bicyclic) bond motifs is 1. The molecule has 184 valence electrons. The van der Waals surface area contributed by atoms with E-state index in [-0.39, 0.29) is 5.41 Å². The number of nitrogens with one attached hydrogen (secondary N) is 1. The first-order chi connectivity index (χ1) is 16.9. The summed E-state index contributed by atoms with van der Waals surface area (Å²) < 4.78 is 2.40. The smallest absolute Gasteiger partial charge is 0.150 e. The Balaban J connectivity index is 0.00000167. The zero-order valence-electron chi connectivity index (χ0n) is 21.0. The van der Waals surface area contributed by atoms with Gasteiger partial charge < -0.3 is 20.8 Å². The third kappa shape index (κ3) is 5.31. The lowest BCUT2D eigenvalue weighted by atomic mass is 9.81. The maximum atomic E-state index is 11.2. The van der Waals surface area contributed by atoms with E-state index in [0.29, 0.717) is 29.2 Å². The molecule has 3 aromatic rings. The van der Waals surface area contributed by atoms with Crippen LogP contribution in [0, 0.1) is 22.7 Å². The zero-order chi connectivity index (χ0) is 25.6. The van der Waals surface area contributed by atoms with E-state index < -0.39 is 0 Å². The van der Waals surface area contributed by atoms with Gasteiger partial charge in [-0.15, -0.1) is 0 Å². The number of nitrogens with zero attached hydrogens (tertiary/aromatic N) is 2. The van der Waals surface area contributed by atoms with Crippen molar-refractivity contribution in [1.82, 2.24) is 4.57 Å². The van der Waals surface area contributed by atoms with Gasteiger partial charge in [-0.05, 0) is 36.5 Å². The Morgan fingerprint density at radius 3 is 2.40 bits per heavy atom. The van der Waals surface area contributed by atoms with E-state index in [9.17, 15) is 10.1 Å². The van der Waals surface area contributed by atoms with Crippen molar-refractivity contribution in [1.29, 1.82) is 10.7 Å². The van der Waals surface area contributed by atoms with Crippen molar-refractivity contribution < 1.29 is 9.90 Å². The Bertz CT molecular complexity index is 1230. The van der Waals surface area contributed by atoms with Crippen LogP contribution >= 0.6 is 0 Å². The maximum Gasteiger partial charge on any atom is 0.150 e. The van der Waals surface area contributed by atoms with Crippen LogP contribution in [0.1, 0.15) is 74.0 Å². The van der Waals surface area contributed by atoms with Crippen molar-refractivity contribution in [3.63, 3.8) is 0 Å². The van der Waals surface area contributed by atoms with Crippen LogP contribution in [0.4, 0.5) is 5.69 Å². The van der Waals surface area contributed by atoms with Gasteiger partial charge in [0, 0.05) is 70.7 Å². The topological polar surface area (TPSA) is 116 Å². The molecule has 1 aromatic heterocycles. The average molecular weight is 473 g/mol. The summed E-state index contributed by atoms with van der Waals surface area (Å²) in [7, 11) is 1.00. The second-order valence-electron chi connectivity index (χ2n) is 9.94. The molecule has 0 bridgehead atoms. The molecule has 1 saturated carbocycles. The van der Waals surface area contributed by atoms with Gasteiger partial charge in [-0.1, -0.05) is 57.4 Å². The molecule has 1 aliphatic carbocycles. The molecule has 0 unspecified atom stereocenters. The number of aldehydes is 1. The molecule has 4 N–H and O–H groups in total. The Morgan fingerprint density at radius 1 is 1.17 bits per heavy atom. The number of anilines is 1. The van der Waals surface area contributed by atoms with Crippen LogP contribution in [0.2, 0.25) is 0 Å². The van der Waals surface area contributed by atoms with Gasteiger partial charge in [-0.25, -0.2) is 0 Å². The number of carbonyl (C=O) groups excluding carboxylic acids is 1. The van der Waals surface area contributed by atoms with E-state index in [1.54, 1.807) is 0 Å². The SMILES string of the molecule is CC(C)(CC#N)c1c(-c2ccc(C=O)cc2)c2cc(N)c(C=N)cc2n1CC1CCCCC1.CO. The Labute approximate surface area is 207 Å². The van der Waals surface area contributed by atoms with E-state index in [2.05, 4.69) is 24.5 Å². The predicted octanol–water partition coefficient (Wildman–Crippen LogP) is 6.08. The summed E-state index contributed by atoms with van der Waals surface area (Å²) in [5, 5.41) is 25.5. The second kappa shape index (κ2) is 11.3. The lowest BCUT2D eigenvalue weighted by molar-refractivity contribution is 0.112. The molecule has 0 spiro atoms. The molecule has 1 aliphatic rings. The number of hydrogen-bond donors (Lipinski definition) is 3. The van der Waals surface area contributed by atoms with Crippen molar-refractivity contribution in [2.24, 2.45) is 5.92 Å². The summed E-state index contributed by atoms with van der Waals surface area (Å²) in [6, 6.07) is 14.0. The molecule has 0 aliphatic heterocycles. The standard InChI is InChI=1S/C28H32N4O.CH4O/c1-28(2,12-13-29)27-26(21-10-8-20(18-33)9-11-21)23-15-24(31)22(16-30)14-25(23)32(27)17-19-6-4-3-5-7-19;1-2/h8-11,14-16,18-19,30H,3-7,12,17,31H2,1-2H3;2H,1H3. The first kappa shape index (κ1) is 26.2. The summed E-state index contributed by atoms with van der Waals surface area (Å²) in [6.45, 7) is 5.16. The fraction of sp³-hybridized carbons (Fsp3) is 0.414. The first-order valence-electron chi connectivity index (χ1n) is 12.2. The highest BCUT2D eigenvalue weighted by atomic mass is 16.2. The van der Waals surface area contributed by atoms with Crippen molar-refractivity contribution in [2.45, 2.75) is 64.3 Å². The van der Waals surface area contributed by atoms with E-state index in [1.807, 2.05) is 36.4 Å². The van der Waals surface area contributed by atoms with Gasteiger partial charge in [0.15, 0.2) is 0 Å². The number of nitrogens with two attached hydrogens (primary N) is 1. The van der Waals surface area contributed by atoms with Crippen molar-refractivity contribution in [3.05, 3.63) is 53.2 Å². The van der Waals surface area contributed by atoms with Crippen LogP contribution in [0.25, 0.3) is 22.0 Å². The van der Waals surface area contributed by atoms with Gasteiger partial charge in [0.05, 0.1) is 6.07 Å². The second-order valence-corrected chi connectivity index (χ2v) is 9.94. The molecule has 35 heavy (non-hydrogen) atoms. The molecule has 1 fully saturated rings. The number of aliphatic hydroxyl groups is 1. The van der Waals surface area contributed by atoms with Crippen LogP contribution in [0.5, 0.6) is 0 Å². The van der Waals surface area contributed by atoms with Gasteiger partial charge in [-0.3, -0.25) is 4.79 Å². The lowest BCUT2D eigenvalue weighted by Gasteiger charge is -2.30. The summed E-state index contributed by atoms with van der Waals surface area (Å²) in [4.78, 5) is 11.2. The number of aliphatic hydroxyl groups excluding tert-OH is 1. The Morgan fingerprint density at radius 2 is 1.83 bits per heavy atom. The molecule has 0 radical (unpaired) electrons. The minimum absolute atomic E-state index is 0.388. The normalized spacial score (nSPS) is 14.1.